The van der Waals surface area contributed by atoms with Gasteiger partial charge in [-0.25, -0.2) is 0 Å². The third-order valence-corrected chi connectivity index (χ3v) is 0. The highest BCUT2D eigenvalue weighted by Crippen LogP contribution is 1.65. The molecular formula is C3H14N2O2. The highest BCUT2D eigenvalue weighted by atomic mass is 16.3. The van der Waals surface area contributed by atoms with Gasteiger partial charge >= 0.3 is 0 Å². The second-order valence-electron chi connectivity index (χ2n) is 1.09. The first-order valence-electron chi connectivity index (χ1n) is 1.75. The van der Waals surface area contributed by atoms with Gasteiger partial charge in [0.2, 0.25) is 0 Å². The van der Waals surface area contributed by atoms with Crippen LogP contribution >= 0.6 is 0 Å². The van der Waals surface area contributed by atoms with Crippen molar-refractivity contribution in [2.45, 2.75) is 20.0 Å². The monoisotopic (exact) mass is 110 g/mol. The molecule has 7 heavy (non-hydrogen) atoms. The molecule has 7 N–H and O–H groups in total. The van der Waals surface area contributed by atoms with Gasteiger partial charge in [-0.3, -0.25) is 11.7 Å². The van der Waals surface area contributed by atoms with Crippen LogP contribution in [0.2, 0.25) is 0 Å². The van der Waals surface area contributed by atoms with Gasteiger partial charge in [-0.2, -0.15) is 0 Å². The van der Waals surface area contributed by atoms with Crippen molar-refractivity contribution in [1.82, 2.24) is 0 Å². The maximum absolute atomic E-state index is 8.06. The molecule has 0 heterocycles. The maximum atomic E-state index is 8.06. The van der Waals surface area contributed by atoms with Crippen LogP contribution in [0.4, 0.5) is 0 Å². The summed E-state index contributed by atoms with van der Waals surface area (Å²) in [6, 6.07) is 0. The average molecular weight is 110 g/mol. The summed E-state index contributed by atoms with van der Waals surface area (Å²) in [5.41, 5.74) is 0. The topological polar surface area (TPSA) is 104 Å². The lowest BCUT2D eigenvalue weighted by Gasteiger charge is -1.80. The molecule has 0 aliphatic carbocycles. The number of hydrazine groups is 1. The molecule has 0 aromatic rings. The Balaban J connectivity index is -0.0000000480. The molecule has 0 aliphatic heterocycles. The van der Waals surface area contributed by atoms with Gasteiger partial charge in [0.1, 0.15) is 0 Å². The van der Waals surface area contributed by atoms with Gasteiger partial charge in [0.05, 0.1) is 0 Å². The molecule has 4 nitrogen and oxygen atoms in total. The largest absolute Gasteiger partial charge is 0.412 e. The average Bonchev–Trinajstić information content (AvgIpc) is 1.41. The molecule has 0 atom stereocenters. The lowest BCUT2D eigenvalue weighted by Crippen LogP contribution is -2.02. The Morgan fingerprint density at radius 2 is 1.29 bits per heavy atom. The first-order valence-corrected chi connectivity index (χ1v) is 1.75. The number of aliphatic hydroxyl groups is 1. The first kappa shape index (κ1) is 15.8. The standard InChI is InChI=1S/C3H8O.H4N2.H2O/c1-3(2)4;1-2;/h3-4H,1-2H3;1-2H2;1H2. The van der Waals surface area contributed by atoms with Crippen molar-refractivity contribution in [3.8, 4) is 0 Å². The zero-order valence-electron chi connectivity index (χ0n) is 4.68. The Morgan fingerprint density at radius 3 is 1.29 bits per heavy atom. The second kappa shape index (κ2) is 17.0. The fourth-order valence-corrected chi connectivity index (χ4v) is 0. The van der Waals surface area contributed by atoms with E-state index in [0.29, 0.717) is 0 Å². The van der Waals surface area contributed by atoms with Crippen molar-refractivity contribution < 1.29 is 10.6 Å². The van der Waals surface area contributed by atoms with E-state index in [2.05, 4.69) is 11.7 Å². The Hall–Kier alpha value is -0.160. The predicted octanol–water partition coefficient (Wildman–Crippen LogP) is -1.62. The summed E-state index contributed by atoms with van der Waals surface area (Å²) in [4.78, 5) is 0. The van der Waals surface area contributed by atoms with Crippen LogP contribution in [0.25, 0.3) is 0 Å². The molecule has 0 unspecified atom stereocenters. The summed E-state index contributed by atoms with van der Waals surface area (Å²) in [7, 11) is 0. The van der Waals surface area contributed by atoms with Gasteiger partial charge in [0.15, 0.2) is 0 Å². The summed E-state index contributed by atoms with van der Waals surface area (Å²) >= 11 is 0. The van der Waals surface area contributed by atoms with Crippen molar-refractivity contribution in [3.05, 3.63) is 0 Å². The molecule has 0 spiro atoms. The SMILES string of the molecule is CC(C)O.NN.O. The minimum atomic E-state index is -0.167. The maximum Gasteiger partial charge on any atom is 0.0483 e. The number of aliphatic hydroxyl groups excluding tert-OH is 1. The summed E-state index contributed by atoms with van der Waals surface area (Å²) in [6.07, 6.45) is -0.167. The van der Waals surface area contributed by atoms with Gasteiger partial charge in [-0.05, 0) is 13.8 Å². The number of hydrogen-bond acceptors (Lipinski definition) is 3. The van der Waals surface area contributed by atoms with Crippen molar-refractivity contribution in [1.29, 1.82) is 0 Å². The molecule has 0 aromatic heterocycles. The van der Waals surface area contributed by atoms with E-state index in [1.807, 2.05) is 0 Å². The van der Waals surface area contributed by atoms with E-state index in [4.69, 9.17) is 5.11 Å². The van der Waals surface area contributed by atoms with Gasteiger partial charge in [-0.1, -0.05) is 0 Å². The van der Waals surface area contributed by atoms with Crippen LogP contribution in [0.1, 0.15) is 13.8 Å². The van der Waals surface area contributed by atoms with E-state index >= 15 is 0 Å². The minimum absolute atomic E-state index is 0. The molecule has 0 rings (SSSR count). The van der Waals surface area contributed by atoms with E-state index in [0.717, 1.165) is 0 Å². The fourth-order valence-electron chi connectivity index (χ4n) is 0. The Labute approximate surface area is 43.4 Å². The third-order valence-electron chi connectivity index (χ3n) is 0. The van der Waals surface area contributed by atoms with Gasteiger partial charge in [0.25, 0.3) is 0 Å². The van der Waals surface area contributed by atoms with Crippen LogP contribution in [0.15, 0.2) is 0 Å². The van der Waals surface area contributed by atoms with Crippen LogP contribution in [0.5, 0.6) is 0 Å². The van der Waals surface area contributed by atoms with E-state index in [1.165, 1.54) is 0 Å². The van der Waals surface area contributed by atoms with E-state index in [-0.39, 0.29) is 11.6 Å². The van der Waals surface area contributed by atoms with Crippen LogP contribution in [0.3, 0.4) is 0 Å². The summed E-state index contributed by atoms with van der Waals surface area (Å²) in [5, 5.41) is 8.06. The van der Waals surface area contributed by atoms with Crippen LogP contribution in [-0.2, 0) is 0 Å². The van der Waals surface area contributed by atoms with Crippen molar-refractivity contribution >= 4 is 0 Å². The second-order valence-corrected chi connectivity index (χ2v) is 1.09. The van der Waals surface area contributed by atoms with Gasteiger partial charge in [0, 0.05) is 6.10 Å². The lowest BCUT2D eigenvalue weighted by atomic mass is 10.5. The van der Waals surface area contributed by atoms with Gasteiger partial charge < -0.3 is 10.6 Å². The molecule has 0 fully saturated rings. The van der Waals surface area contributed by atoms with E-state index < -0.39 is 0 Å². The quantitative estimate of drug-likeness (QED) is 0.258. The lowest BCUT2D eigenvalue weighted by molar-refractivity contribution is 0.216. The van der Waals surface area contributed by atoms with Crippen LogP contribution in [-0.4, -0.2) is 16.7 Å². The number of rotatable bonds is 0. The molecule has 0 radical (unpaired) electrons. The first-order chi connectivity index (χ1) is 2.73. The minimum Gasteiger partial charge on any atom is -0.412 e. The molecule has 0 aliphatic rings. The van der Waals surface area contributed by atoms with Gasteiger partial charge in [-0.15, -0.1) is 0 Å². The summed E-state index contributed by atoms with van der Waals surface area (Å²) < 4.78 is 0. The Bertz CT molecular complexity index is 15.7. The van der Waals surface area contributed by atoms with Crippen LogP contribution in [0, 0.1) is 0 Å². The Morgan fingerprint density at radius 1 is 1.29 bits per heavy atom. The molecule has 0 aromatic carbocycles. The highest BCUT2D eigenvalue weighted by Gasteiger charge is 1.69. The smallest absolute Gasteiger partial charge is 0.0483 e. The number of nitrogens with two attached hydrogens (primary N) is 2. The van der Waals surface area contributed by atoms with E-state index in [9.17, 15) is 0 Å². The molecule has 0 saturated carbocycles. The molecular weight excluding hydrogens is 96.0 g/mol. The normalized spacial score (nSPS) is 6.00. The zero-order valence-corrected chi connectivity index (χ0v) is 4.68. The molecule has 0 bridgehead atoms. The highest BCUT2D eigenvalue weighted by molar-refractivity contribution is 4.20. The number of hydrogen-bond donors (Lipinski definition) is 3. The van der Waals surface area contributed by atoms with E-state index in [1.54, 1.807) is 13.8 Å². The fraction of sp³-hybridized carbons (Fsp3) is 1.00. The Kier molecular flexibility index (Phi) is 38.3. The summed E-state index contributed by atoms with van der Waals surface area (Å²) in [5.74, 6) is 8.00. The molecule has 0 saturated heterocycles. The molecule has 0 amide bonds. The van der Waals surface area contributed by atoms with Crippen molar-refractivity contribution in [3.63, 3.8) is 0 Å². The molecule has 4 heteroatoms. The third kappa shape index (κ3) is 3360. The van der Waals surface area contributed by atoms with Crippen LogP contribution < -0.4 is 11.7 Å². The predicted molar refractivity (Wildman–Crippen MR) is 29.3 cm³/mol. The van der Waals surface area contributed by atoms with Crippen molar-refractivity contribution in [2.75, 3.05) is 0 Å². The van der Waals surface area contributed by atoms with Crippen molar-refractivity contribution in [2.24, 2.45) is 11.7 Å². The zero-order chi connectivity index (χ0) is 5.58. The molecule has 48 valence electrons. The summed E-state index contributed by atoms with van der Waals surface area (Å²) in [6.45, 7) is 3.44.